The number of amides is 4. The van der Waals surface area contributed by atoms with Crippen LogP contribution in [0, 0.1) is 0 Å². The number of para-hydroxylation sites is 2. The molecule has 0 fully saturated rings. The number of urea groups is 2. The Morgan fingerprint density at radius 1 is 0.657 bits per heavy atom. The molecule has 0 spiro atoms. The Bertz CT molecular complexity index is 928. The summed E-state index contributed by atoms with van der Waals surface area (Å²) in [6, 6.07) is 16.8. The molecule has 0 radical (unpaired) electrons. The van der Waals surface area contributed by atoms with Crippen LogP contribution < -0.4 is 20.4 Å². The molecule has 2 N–H and O–H groups in total. The highest BCUT2D eigenvalue weighted by atomic mass is 16.2. The summed E-state index contributed by atoms with van der Waals surface area (Å²) < 4.78 is 0. The third-order valence-corrected chi connectivity index (χ3v) is 7.26. The van der Waals surface area contributed by atoms with Gasteiger partial charge >= 0.3 is 12.1 Å². The van der Waals surface area contributed by atoms with Gasteiger partial charge in [-0.15, -0.1) is 0 Å². The Labute approximate surface area is 210 Å². The molecule has 2 aromatic rings. The molecule has 0 saturated heterocycles. The number of benzene rings is 2. The van der Waals surface area contributed by atoms with Crippen LogP contribution in [0.5, 0.6) is 0 Å². The number of nitrogens with one attached hydrogen (secondary N) is 2. The monoisotopic (exact) mass is 476 g/mol. The molecule has 0 aromatic heterocycles. The maximum Gasteiger partial charge on any atom is 0.322 e. The molecule has 2 atom stereocenters. The second kappa shape index (κ2) is 12.1. The van der Waals surface area contributed by atoms with Gasteiger partial charge in [0.2, 0.25) is 0 Å². The van der Waals surface area contributed by atoms with E-state index in [0.717, 1.165) is 63.0 Å². The first kappa shape index (κ1) is 25.1. The van der Waals surface area contributed by atoms with Crippen molar-refractivity contribution in [3.05, 3.63) is 59.7 Å². The van der Waals surface area contributed by atoms with E-state index in [1.165, 1.54) is 30.4 Å². The summed E-state index contributed by atoms with van der Waals surface area (Å²) in [7, 11) is 0. The fourth-order valence-electron chi connectivity index (χ4n) is 5.44. The van der Waals surface area contributed by atoms with E-state index in [9.17, 15) is 9.59 Å². The number of rotatable bonds is 10. The highest BCUT2D eigenvalue weighted by Crippen LogP contribution is 2.32. The molecule has 4 rings (SSSR count). The average molecular weight is 477 g/mol. The lowest BCUT2D eigenvalue weighted by atomic mass is 10.1. The molecule has 0 aliphatic carbocycles. The molecular formula is C29H40N4O2. The normalized spacial score (nSPS) is 18.3. The molecule has 4 amide bonds. The van der Waals surface area contributed by atoms with Crippen LogP contribution in [-0.4, -0.2) is 37.2 Å². The highest BCUT2D eigenvalue weighted by molar-refractivity contribution is 5.95. The Hall–Kier alpha value is -3.02. The topological polar surface area (TPSA) is 64.7 Å². The van der Waals surface area contributed by atoms with Gasteiger partial charge in [-0.2, -0.15) is 0 Å². The maximum absolute atomic E-state index is 12.6. The summed E-state index contributed by atoms with van der Waals surface area (Å²) in [5, 5.41) is 6.20. The van der Waals surface area contributed by atoms with E-state index in [2.05, 4.69) is 36.6 Å². The standard InChI is InChI=1S/C29H40N4O2/c1-22-20-24-14-8-10-16-26(24)32(22)28(34)30-18-12-6-4-3-5-7-13-19-31-29(35)33-23(2)21-25-15-9-11-17-27(25)33/h8-11,14-17,22-23H,3-7,12-13,18-21H2,1-2H3,(H,30,34)(H,31,35). The van der Waals surface area contributed by atoms with Crippen LogP contribution in [0.4, 0.5) is 21.0 Å². The Kier molecular flexibility index (Phi) is 8.67. The molecule has 2 aliphatic rings. The largest absolute Gasteiger partial charge is 0.338 e. The number of carbonyl (C=O) groups excluding carboxylic acids is 2. The average Bonchev–Trinajstić information content (AvgIpc) is 3.37. The number of carbonyl (C=O) groups is 2. The number of fused-ring (bicyclic) bond motifs is 2. The van der Waals surface area contributed by atoms with Crippen molar-refractivity contribution < 1.29 is 9.59 Å². The zero-order chi connectivity index (χ0) is 24.6. The molecule has 188 valence electrons. The van der Waals surface area contributed by atoms with Gasteiger partial charge in [0.05, 0.1) is 0 Å². The van der Waals surface area contributed by atoms with Gasteiger partial charge in [0.1, 0.15) is 0 Å². The zero-order valence-electron chi connectivity index (χ0n) is 21.3. The van der Waals surface area contributed by atoms with Crippen LogP contribution in [0.2, 0.25) is 0 Å². The third kappa shape index (κ3) is 6.16. The fraction of sp³-hybridized carbons (Fsp3) is 0.517. The predicted molar refractivity (Wildman–Crippen MR) is 143 cm³/mol. The van der Waals surface area contributed by atoms with Crippen molar-refractivity contribution in [2.45, 2.75) is 83.7 Å². The molecular weight excluding hydrogens is 436 g/mol. The van der Waals surface area contributed by atoms with E-state index in [1.54, 1.807) is 0 Å². The van der Waals surface area contributed by atoms with E-state index >= 15 is 0 Å². The van der Waals surface area contributed by atoms with Gasteiger partial charge in [-0.05, 0) is 62.8 Å². The van der Waals surface area contributed by atoms with Crippen molar-refractivity contribution in [2.75, 3.05) is 22.9 Å². The SMILES string of the molecule is CC1Cc2ccccc2N1C(=O)NCCCCCCCCCNC(=O)N1c2ccccc2CC1C. The van der Waals surface area contributed by atoms with Crippen LogP contribution in [0.3, 0.4) is 0 Å². The number of unbranched alkanes of at least 4 members (excludes halogenated alkanes) is 6. The minimum Gasteiger partial charge on any atom is -0.338 e. The van der Waals surface area contributed by atoms with Crippen LogP contribution in [0.1, 0.15) is 69.9 Å². The molecule has 35 heavy (non-hydrogen) atoms. The number of hydrogen-bond donors (Lipinski definition) is 2. The van der Waals surface area contributed by atoms with E-state index in [-0.39, 0.29) is 24.1 Å². The molecule has 0 bridgehead atoms. The van der Waals surface area contributed by atoms with Gasteiger partial charge in [-0.1, -0.05) is 68.5 Å². The van der Waals surface area contributed by atoms with Gasteiger partial charge < -0.3 is 10.6 Å². The molecule has 0 saturated carbocycles. The lowest BCUT2D eigenvalue weighted by Gasteiger charge is -2.23. The van der Waals surface area contributed by atoms with E-state index in [1.807, 2.05) is 46.2 Å². The summed E-state index contributed by atoms with van der Waals surface area (Å²) in [6.07, 6.45) is 9.74. The molecule has 2 heterocycles. The third-order valence-electron chi connectivity index (χ3n) is 7.26. The second-order valence-electron chi connectivity index (χ2n) is 10.0. The summed E-state index contributed by atoms with van der Waals surface area (Å²) in [5.41, 5.74) is 4.61. The number of anilines is 2. The van der Waals surface area contributed by atoms with E-state index in [4.69, 9.17) is 0 Å². The first-order valence-electron chi connectivity index (χ1n) is 13.4. The van der Waals surface area contributed by atoms with Gasteiger partial charge in [0, 0.05) is 36.5 Å². The minimum absolute atomic E-state index is 0.0244. The van der Waals surface area contributed by atoms with Crippen molar-refractivity contribution in [1.82, 2.24) is 10.6 Å². The van der Waals surface area contributed by atoms with E-state index in [0.29, 0.717) is 0 Å². The van der Waals surface area contributed by atoms with E-state index < -0.39 is 0 Å². The predicted octanol–water partition coefficient (Wildman–Crippen LogP) is 6.04. The van der Waals surface area contributed by atoms with Gasteiger partial charge in [0.25, 0.3) is 0 Å². The first-order valence-corrected chi connectivity index (χ1v) is 13.4. The van der Waals surface area contributed by atoms with Crippen molar-refractivity contribution in [1.29, 1.82) is 0 Å². The minimum atomic E-state index is 0.0244. The fourth-order valence-corrected chi connectivity index (χ4v) is 5.44. The van der Waals surface area contributed by atoms with Crippen molar-refractivity contribution >= 4 is 23.4 Å². The molecule has 2 aliphatic heterocycles. The molecule has 2 unspecified atom stereocenters. The second-order valence-corrected chi connectivity index (χ2v) is 10.0. The van der Waals surface area contributed by atoms with Gasteiger partial charge in [-0.25, -0.2) is 9.59 Å². The number of hydrogen-bond acceptors (Lipinski definition) is 2. The summed E-state index contributed by atoms with van der Waals surface area (Å²) in [6.45, 7) is 5.68. The summed E-state index contributed by atoms with van der Waals surface area (Å²) in [4.78, 5) is 29.1. The Morgan fingerprint density at radius 2 is 1.03 bits per heavy atom. The lowest BCUT2D eigenvalue weighted by molar-refractivity contribution is 0.244. The lowest BCUT2D eigenvalue weighted by Crippen LogP contribution is -2.43. The van der Waals surface area contributed by atoms with Crippen molar-refractivity contribution in [2.24, 2.45) is 0 Å². The Morgan fingerprint density at radius 3 is 1.46 bits per heavy atom. The zero-order valence-corrected chi connectivity index (χ0v) is 21.3. The van der Waals surface area contributed by atoms with Crippen LogP contribution in [0.25, 0.3) is 0 Å². The molecule has 2 aromatic carbocycles. The summed E-state index contributed by atoms with van der Waals surface area (Å²) >= 11 is 0. The van der Waals surface area contributed by atoms with Crippen LogP contribution in [0.15, 0.2) is 48.5 Å². The van der Waals surface area contributed by atoms with Crippen LogP contribution >= 0.6 is 0 Å². The Balaban J connectivity index is 1.01. The quantitative estimate of drug-likeness (QED) is 0.411. The number of nitrogens with zero attached hydrogens (tertiary/aromatic N) is 2. The maximum atomic E-state index is 12.6. The smallest absolute Gasteiger partial charge is 0.322 e. The van der Waals surface area contributed by atoms with Crippen molar-refractivity contribution in [3.8, 4) is 0 Å². The van der Waals surface area contributed by atoms with Gasteiger partial charge in [-0.3, -0.25) is 9.80 Å². The van der Waals surface area contributed by atoms with Crippen LogP contribution in [-0.2, 0) is 12.8 Å². The highest BCUT2D eigenvalue weighted by Gasteiger charge is 2.31. The first-order chi connectivity index (χ1) is 17.1. The molecule has 6 nitrogen and oxygen atoms in total. The molecule has 6 heteroatoms. The van der Waals surface area contributed by atoms with Gasteiger partial charge in [0.15, 0.2) is 0 Å². The summed E-state index contributed by atoms with van der Waals surface area (Å²) in [5.74, 6) is 0. The van der Waals surface area contributed by atoms with Crippen molar-refractivity contribution in [3.63, 3.8) is 0 Å².